The van der Waals surface area contributed by atoms with E-state index in [1.807, 2.05) is 6.07 Å². The Morgan fingerprint density at radius 3 is 2.61 bits per heavy atom. The van der Waals surface area contributed by atoms with Gasteiger partial charge in [0.2, 0.25) is 0 Å². The highest BCUT2D eigenvalue weighted by Crippen LogP contribution is 2.23. The van der Waals surface area contributed by atoms with Crippen molar-refractivity contribution < 1.29 is 8.78 Å². The summed E-state index contributed by atoms with van der Waals surface area (Å²) >= 11 is 7.13. The van der Waals surface area contributed by atoms with Crippen LogP contribution in [0, 0.1) is 11.6 Å². The zero-order valence-electron chi connectivity index (χ0n) is 9.01. The van der Waals surface area contributed by atoms with Crippen molar-refractivity contribution in [1.82, 2.24) is 4.98 Å². The summed E-state index contributed by atoms with van der Waals surface area (Å²) < 4.78 is 27.2. The Morgan fingerprint density at radius 2 is 2.00 bits per heavy atom. The molecule has 4 nitrogen and oxygen atoms in total. The lowest BCUT2D eigenvalue weighted by Gasteiger charge is -2.08. The van der Waals surface area contributed by atoms with E-state index in [0.29, 0.717) is 16.9 Å². The predicted octanol–water partition coefficient (Wildman–Crippen LogP) is 2.97. The Bertz CT molecular complexity index is 561. The standard InChI is InChI=1S/C10H9ClF2N4S/c11-8-2-1-5(18-8)4-15-9-6(12)3-7(13)10(16-9)17-14/h1-3H,4,14H2,(H2,15,16,17). The molecule has 18 heavy (non-hydrogen) atoms. The van der Waals surface area contributed by atoms with Crippen LogP contribution in [0.2, 0.25) is 4.34 Å². The molecule has 4 N–H and O–H groups in total. The Balaban J connectivity index is 2.13. The zero-order chi connectivity index (χ0) is 13.1. The molecule has 0 aliphatic carbocycles. The van der Waals surface area contributed by atoms with Crippen molar-refractivity contribution in [2.45, 2.75) is 6.54 Å². The smallest absolute Gasteiger partial charge is 0.178 e. The quantitative estimate of drug-likeness (QED) is 0.598. The van der Waals surface area contributed by atoms with Crippen LogP contribution >= 0.6 is 22.9 Å². The topological polar surface area (TPSA) is 63.0 Å². The monoisotopic (exact) mass is 290 g/mol. The lowest BCUT2D eigenvalue weighted by Crippen LogP contribution is -2.13. The molecule has 0 spiro atoms. The number of pyridine rings is 1. The fourth-order valence-corrected chi connectivity index (χ4v) is 2.34. The first-order chi connectivity index (χ1) is 8.60. The van der Waals surface area contributed by atoms with Crippen molar-refractivity contribution in [3.05, 3.63) is 39.0 Å². The molecule has 2 rings (SSSR count). The van der Waals surface area contributed by atoms with E-state index in [0.717, 1.165) is 4.88 Å². The molecule has 0 bridgehead atoms. The maximum Gasteiger partial charge on any atom is 0.178 e. The van der Waals surface area contributed by atoms with Gasteiger partial charge in [-0.2, -0.15) is 0 Å². The second-order valence-electron chi connectivity index (χ2n) is 3.35. The number of nitrogens with zero attached hydrogens (tertiary/aromatic N) is 1. The third kappa shape index (κ3) is 2.87. The zero-order valence-corrected chi connectivity index (χ0v) is 10.6. The molecule has 0 saturated heterocycles. The molecule has 0 amide bonds. The van der Waals surface area contributed by atoms with Crippen molar-refractivity contribution in [3.8, 4) is 0 Å². The minimum Gasteiger partial charge on any atom is -0.363 e. The van der Waals surface area contributed by atoms with Crippen LogP contribution in [0.3, 0.4) is 0 Å². The second kappa shape index (κ2) is 5.47. The Labute approximate surface area is 111 Å². The SMILES string of the molecule is NNc1nc(NCc2ccc(Cl)s2)c(F)cc1F. The summed E-state index contributed by atoms with van der Waals surface area (Å²) in [6.45, 7) is 0.344. The van der Waals surface area contributed by atoms with E-state index >= 15 is 0 Å². The number of nitrogens with two attached hydrogens (primary N) is 1. The average molecular weight is 291 g/mol. The minimum atomic E-state index is -0.847. The highest BCUT2D eigenvalue weighted by molar-refractivity contribution is 7.16. The molecule has 0 aliphatic rings. The maximum absolute atomic E-state index is 13.4. The highest BCUT2D eigenvalue weighted by Gasteiger charge is 2.11. The first kappa shape index (κ1) is 13.0. The van der Waals surface area contributed by atoms with E-state index in [4.69, 9.17) is 17.4 Å². The summed E-state index contributed by atoms with van der Waals surface area (Å²) in [5.74, 6) is 3.14. The van der Waals surface area contributed by atoms with Gasteiger partial charge in [-0.25, -0.2) is 19.6 Å². The van der Waals surface area contributed by atoms with Crippen LogP contribution in [0.4, 0.5) is 20.4 Å². The summed E-state index contributed by atoms with van der Waals surface area (Å²) in [5, 5.41) is 2.75. The molecule has 8 heteroatoms. The lowest BCUT2D eigenvalue weighted by molar-refractivity contribution is 0.578. The van der Waals surface area contributed by atoms with Gasteiger partial charge in [0.1, 0.15) is 0 Å². The van der Waals surface area contributed by atoms with Gasteiger partial charge in [-0.05, 0) is 12.1 Å². The number of hydrogen-bond donors (Lipinski definition) is 3. The normalized spacial score (nSPS) is 10.4. The summed E-state index contributed by atoms with van der Waals surface area (Å²) in [7, 11) is 0. The van der Waals surface area contributed by atoms with Crippen LogP contribution in [0.1, 0.15) is 4.88 Å². The van der Waals surface area contributed by atoms with Gasteiger partial charge < -0.3 is 10.7 Å². The number of hydrazine groups is 1. The third-order valence-electron chi connectivity index (χ3n) is 2.13. The Hall–Kier alpha value is -1.44. The van der Waals surface area contributed by atoms with Gasteiger partial charge in [0.05, 0.1) is 10.9 Å². The number of anilines is 2. The van der Waals surface area contributed by atoms with Gasteiger partial charge >= 0.3 is 0 Å². The van der Waals surface area contributed by atoms with E-state index in [-0.39, 0.29) is 11.6 Å². The van der Waals surface area contributed by atoms with E-state index < -0.39 is 11.6 Å². The number of nitrogens with one attached hydrogen (secondary N) is 2. The molecule has 0 aliphatic heterocycles. The number of nitrogen functional groups attached to an aromatic ring is 1. The minimum absolute atomic E-state index is 0.0751. The first-order valence-corrected chi connectivity index (χ1v) is 6.10. The molecule has 2 aromatic heterocycles. The first-order valence-electron chi connectivity index (χ1n) is 4.91. The van der Waals surface area contributed by atoms with Crippen molar-refractivity contribution in [2.75, 3.05) is 10.7 Å². The number of hydrogen-bond acceptors (Lipinski definition) is 5. The summed E-state index contributed by atoms with van der Waals surface area (Å²) in [6, 6.07) is 4.26. The van der Waals surface area contributed by atoms with Crippen LogP contribution in [-0.2, 0) is 6.54 Å². The van der Waals surface area contributed by atoms with Gasteiger partial charge in [-0.3, -0.25) is 0 Å². The second-order valence-corrected chi connectivity index (χ2v) is 5.15. The van der Waals surface area contributed by atoms with Crippen LogP contribution in [-0.4, -0.2) is 4.98 Å². The van der Waals surface area contributed by atoms with Gasteiger partial charge in [-0.15, -0.1) is 11.3 Å². The molecule has 0 unspecified atom stereocenters. The molecule has 2 aromatic rings. The van der Waals surface area contributed by atoms with Gasteiger partial charge in [-0.1, -0.05) is 11.6 Å². The molecule has 96 valence electrons. The van der Waals surface area contributed by atoms with Crippen molar-refractivity contribution >= 4 is 34.6 Å². The molecular formula is C10H9ClF2N4S. The van der Waals surface area contributed by atoms with Gasteiger partial charge in [0.15, 0.2) is 23.3 Å². The molecular weight excluding hydrogens is 282 g/mol. The van der Waals surface area contributed by atoms with Crippen LogP contribution in [0.5, 0.6) is 0 Å². The predicted molar refractivity (Wildman–Crippen MR) is 68.6 cm³/mol. The molecule has 0 atom stereocenters. The highest BCUT2D eigenvalue weighted by atomic mass is 35.5. The molecule has 2 heterocycles. The van der Waals surface area contributed by atoms with Gasteiger partial charge in [0, 0.05) is 10.9 Å². The number of thiophene rings is 1. The van der Waals surface area contributed by atoms with Crippen molar-refractivity contribution in [1.29, 1.82) is 0 Å². The van der Waals surface area contributed by atoms with Crippen molar-refractivity contribution in [3.63, 3.8) is 0 Å². The van der Waals surface area contributed by atoms with E-state index in [1.165, 1.54) is 11.3 Å². The van der Waals surface area contributed by atoms with E-state index in [1.54, 1.807) is 6.07 Å². The maximum atomic E-state index is 13.4. The van der Waals surface area contributed by atoms with Crippen LogP contribution in [0.15, 0.2) is 18.2 Å². The average Bonchev–Trinajstić information content (AvgIpc) is 2.74. The molecule has 0 saturated carbocycles. The fourth-order valence-electron chi connectivity index (χ4n) is 1.31. The lowest BCUT2D eigenvalue weighted by atomic mass is 10.4. The molecule has 0 fully saturated rings. The Morgan fingerprint density at radius 1 is 1.28 bits per heavy atom. The fraction of sp³-hybridized carbons (Fsp3) is 0.100. The summed E-state index contributed by atoms with van der Waals surface area (Å²) in [5.41, 5.74) is 2.05. The third-order valence-corrected chi connectivity index (χ3v) is 3.36. The van der Waals surface area contributed by atoms with Gasteiger partial charge in [0.25, 0.3) is 0 Å². The van der Waals surface area contributed by atoms with Crippen molar-refractivity contribution in [2.24, 2.45) is 5.84 Å². The number of rotatable bonds is 4. The molecule has 0 aromatic carbocycles. The Kier molecular flexibility index (Phi) is 3.95. The van der Waals surface area contributed by atoms with Crippen LogP contribution in [0.25, 0.3) is 0 Å². The molecule has 0 radical (unpaired) electrons. The number of aromatic nitrogens is 1. The largest absolute Gasteiger partial charge is 0.363 e. The summed E-state index contributed by atoms with van der Waals surface area (Å²) in [4.78, 5) is 4.60. The summed E-state index contributed by atoms with van der Waals surface area (Å²) in [6.07, 6.45) is 0. The van der Waals surface area contributed by atoms with E-state index in [2.05, 4.69) is 15.7 Å². The number of halogens is 3. The van der Waals surface area contributed by atoms with Crippen LogP contribution < -0.4 is 16.6 Å². The van der Waals surface area contributed by atoms with E-state index in [9.17, 15) is 8.78 Å².